The second kappa shape index (κ2) is 11.8. The van der Waals surface area contributed by atoms with Crippen LogP contribution in [0.15, 0.2) is 37.1 Å². The van der Waals surface area contributed by atoms with Gasteiger partial charge in [0.1, 0.15) is 17.1 Å². The number of anilines is 1. The first-order valence-electron chi connectivity index (χ1n) is 11.7. The van der Waals surface area contributed by atoms with E-state index in [0.717, 1.165) is 28.7 Å². The van der Waals surface area contributed by atoms with Gasteiger partial charge in [-0.15, -0.1) is 0 Å². The van der Waals surface area contributed by atoms with E-state index < -0.39 is 18.0 Å². The number of pyridine rings is 1. The van der Waals surface area contributed by atoms with E-state index in [-0.39, 0.29) is 41.5 Å². The zero-order valence-corrected chi connectivity index (χ0v) is 21.2. The molecule has 2 atom stereocenters. The maximum Gasteiger partial charge on any atom is 0.490 e. The van der Waals surface area contributed by atoms with Crippen LogP contribution in [0.5, 0.6) is 0 Å². The molecule has 40 heavy (non-hydrogen) atoms. The van der Waals surface area contributed by atoms with Crippen LogP contribution in [0.1, 0.15) is 24.4 Å². The van der Waals surface area contributed by atoms with Crippen molar-refractivity contribution in [1.29, 1.82) is 5.26 Å². The fourth-order valence-corrected chi connectivity index (χ4v) is 4.63. The number of carbonyl (C=O) groups is 1. The van der Waals surface area contributed by atoms with Crippen molar-refractivity contribution in [2.45, 2.75) is 31.7 Å². The topological polar surface area (TPSA) is 157 Å². The number of alkyl halides is 3. The molecule has 5 rings (SSSR count). The van der Waals surface area contributed by atoms with Crippen LogP contribution in [0.25, 0.3) is 22.3 Å². The van der Waals surface area contributed by atoms with Gasteiger partial charge >= 0.3 is 12.1 Å². The minimum Gasteiger partial charge on any atom is -0.475 e. The predicted molar refractivity (Wildman–Crippen MR) is 134 cm³/mol. The number of hydrogen-bond acceptors (Lipinski definition) is 8. The number of aromatic amines is 1. The Morgan fingerprint density at radius 3 is 2.77 bits per heavy atom. The Bertz CT molecular complexity index is 1550. The van der Waals surface area contributed by atoms with Crippen LogP contribution >= 0.6 is 11.6 Å². The lowest BCUT2D eigenvalue weighted by molar-refractivity contribution is -0.192. The molecule has 1 aliphatic rings. The molecule has 1 aliphatic heterocycles. The van der Waals surface area contributed by atoms with Crippen molar-refractivity contribution in [2.24, 2.45) is 5.92 Å². The van der Waals surface area contributed by atoms with Gasteiger partial charge in [0.15, 0.2) is 11.6 Å². The number of fused-ring (bicyclic) bond motifs is 1. The molecule has 5 heterocycles. The number of rotatable bonds is 6. The van der Waals surface area contributed by atoms with Gasteiger partial charge in [0.05, 0.1) is 37.0 Å². The quantitative estimate of drug-likeness (QED) is 0.225. The molecule has 0 aromatic carbocycles. The van der Waals surface area contributed by atoms with Gasteiger partial charge < -0.3 is 20.1 Å². The first-order chi connectivity index (χ1) is 19.0. The number of carboxylic acids is 1. The Labute approximate surface area is 228 Å². The monoisotopic (exact) mass is 580 g/mol. The number of H-pyrrole nitrogens is 1. The number of nitrogens with one attached hydrogen (secondary N) is 1. The summed E-state index contributed by atoms with van der Waals surface area (Å²) in [6.07, 6.45) is 2.87. The van der Waals surface area contributed by atoms with Gasteiger partial charge in [-0.05, 0) is 18.6 Å². The molecule has 0 radical (unpaired) electrons. The van der Waals surface area contributed by atoms with Crippen molar-refractivity contribution in [3.8, 4) is 17.3 Å². The first-order valence-corrected chi connectivity index (χ1v) is 12.1. The SMILES string of the molecule is N#CCC([C@H]1CCN(c2nc(Cl)c(CO)cc2F)C1)n1cc(-c2ncnc3[nH]ccc23)cn1.O=C(O)C(F)(F)F. The van der Waals surface area contributed by atoms with Crippen molar-refractivity contribution < 1.29 is 32.6 Å². The normalized spacial score (nSPS) is 15.9. The molecule has 3 N–H and O–H groups in total. The van der Waals surface area contributed by atoms with Gasteiger partial charge in [0, 0.05) is 47.9 Å². The minimum atomic E-state index is -5.08. The third kappa shape index (κ3) is 6.13. The van der Waals surface area contributed by atoms with E-state index in [1.54, 1.807) is 10.9 Å². The molecule has 0 amide bonds. The van der Waals surface area contributed by atoms with E-state index in [4.69, 9.17) is 21.5 Å². The third-order valence-electron chi connectivity index (χ3n) is 6.33. The fourth-order valence-electron chi connectivity index (χ4n) is 4.44. The lowest BCUT2D eigenvalue weighted by Crippen LogP contribution is -2.26. The molecule has 0 aliphatic carbocycles. The number of hydrogen-bond donors (Lipinski definition) is 3. The highest BCUT2D eigenvalue weighted by atomic mass is 35.5. The smallest absolute Gasteiger partial charge is 0.475 e. The van der Waals surface area contributed by atoms with Gasteiger partial charge in [-0.3, -0.25) is 4.68 Å². The molecule has 0 spiro atoms. The van der Waals surface area contributed by atoms with Crippen molar-refractivity contribution >= 4 is 34.4 Å². The molecule has 1 saturated heterocycles. The Balaban J connectivity index is 0.000000470. The summed E-state index contributed by atoms with van der Waals surface area (Å²) >= 11 is 6.08. The molecule has 4 aromatic heterocycles. The number of carboxylic acid groups (broad SMARTS) is 1. The average Bonchev–Trinajstić information content (AvgIpc) is 3.69. The number of nitrogens with zero attached hydrogens (tertiary/aromatic N) is 7. The van der Waals surface area contributed by atoms with E-state index in [9.17, 15) is 27.9 Å². The summed E-state index contributed by atoms with van der Waals surface area (Å²) in [4.78, 5) is 26.6. The molecule has 210 valence electrons. The van der Waals surface area contributed by atoms with Gasteiger partial charge in [0.2, 0.25) is 0 Å². The van der Waals surface area contributed by atoms with Crippen molar-refractivity contribution in [3.05, 3.63) is 53.6 Å². The van der Waals surface area contributed by atoms with Gasteiger partial charge in [0.25, 0.3) is 0 Å². The van der Waals surface area contributed by atoms with Crippen LogP contribution in [0.3, 0.4) is 0 Å². The zero-order chi connectivity index (χ0) is 29.0. The van der Waals surface area contributed by atoms with E-state index in [2.05, 4.69) is 31.1 Å². The second-order valence-corrected chi connectivity index (χ2v) is 9.16. The molecule has 0 saturated carbocycles. The third-order valence-corrected chi connectivity index (χ3v) is 6.66. The molecule has 4 aromatic rings. The van der Waals surface area contributed by atoms with Gasteiger partial charge in [-0.2, -0.15) is 23.5 Å². The van der Waals surface area contributed by atoms with E-state index in [1.165, 1.54) is 12.4 Å². The van der Waals surface area contributed by atoms with E-state index >= 15 is 0 Å². The highest BCUT2D eigenvalue weighted by Gasteiger charge is 2.38. The molecule has 0 bridgehead atoms. The maximum atomic E-state index is 14.6. The summed E-state index contributed by atoms with van der Waals surface area (Å²) in [6, 6.07) is 5.20. The molecule has 11 nitrogen and oxygen atoms in total. The molecule has 1 fully saturated rings. The minimum absolute atomic E-state index is 0.0626. The Morgan fingerprint density at radius 1 is 1.35 bits per heavy atom. The number of aliphatic hydroxyl groups is 1. The fraction of sp³-hybridized carbons (Fsp3) is 0.333. The Hall–Kier alpha value is -4.29. The maximum absolute atomic E-state index is 14.6. The van der Waals surface area contributed by atoms with Crippen LogP contribution in [0, 0.1) is 23.1 Å². The van der Waals surface area contributed by atoms with Crippen LogP contribution in [0.2, 0.25) is 5.15 Å². The lowest BCUT2D eigenvalue weighted by atomic mass is 9.96. The van der Waals surface area contributed by atoms with E-state index in [1.807, 2.05) is 23.4 Å². The highest BCUT2D eigenvalue weighted by molar-refractivity contribution is 6.30. The Morgan fingerprint density at radius 2 is 2.10 bits per heavy atom. The summed E-state index contributed by atoms with van der Waals surface area (Å²) in [7, 11) is 0. The molecular formula is C24H21ClF4N8O3. The standard InChI is InChI=1S/C22H20ClFN8O.C2HF3O2/c23-20-14(11-33)7-17(24)22(30-20)31-6-3-13(9-31)18(1-4-25)32-10-15(8-29-32)19-16-2-5-26-21(16)28-12-27-19;3-2(4,5)1(6)7/h2,5,7-8,10,12-13,18,33H,1,3,6,9,11H2,(H,26,27,28);(H,6,7)/t13-,18?;/m0./s1. The van der Waals surface area contributed by atoms with Crippen LogP contribution in [0.4, 0.5) is 23.4 Å². The zero-order valence-electron chi connectivity index (χ0n) is 20.5. The van der Waals surface area contributed by atoms with Crippen molar-refractivity contribution in [3.63, 3.8) is 0 Å². The predicted octanol–water partition coefficient (Wildman–Crippen LogP) is 4.12. The lowest BCUT2D eigenvalue weighted by Gasteiger charge is -2.23. The summed E-state index contributed by atoms with van der Waals surface area (Å²) < 4.78 is 48.1. The Kier molecular flexibility index (Phi) is 8.50. The van der Waals surface area contributed by atoms with E-state index in [0.29, 0.717) is 13.1 Å². The number of nitriles is 1. The average molecular weight is 581 g/mol. The van der Waals surface area contributed by atoms with Crippen LogP contribution in [-0.4, -0.2) is 65.2 Å². The van der Waals surface area contributed by atoms with Crippen molar-refractivity contribution in [1.82, 2.24) is 29.7 Å². The first kappa shape index (κ1) is 28.7. The number of aromatic nitrogens is 6. The number of aliphatic hydroxyl groups excluding tert-OH is 1. The molecule has 16 heteroatoms. The highest BCUT2D eigenvalue weighted by Crippen LogP contribution is 2.35. The molecule has 1 unspecified atom stereocenters. The van der Waals surface area contributed by atoms with Gasteiger partial charge in [-0.25, -0.2) is 24.1 Å². The summed E-state index contributed by atoms with van der Waals surface area (Å²) in [6.45, 7) is 0.712. The van der Waals surface area contributed by atoms with Gasteiger partial charge in [-0.1, -0.05) is 11.6 Å². The van der Waals surface area contributed by atoms with Crippen molar-refractivity contribution in [2.75, 3.05) is 18.0 Å². The number of halogens is 5. The summed E-state index contributed by atoms with van der Waals surface area (Å²) in [5.41, 5.74) is 2.59. The van der Waals surface area contributed by atoms with Crippen LogP contribution in [-0.2, 0) is 11.4 Å². The summed E-state index contributed by atoms with van der Waals surface area (Å²) in [5.74, 6) is -3.06. The number of aliphatic carboxylic acids is 1. The summed E-state index contributed by atoms with van der Waals surface area (Å²) in [5, 5.41) is 31.4. The molecular weight excluding hydrogens is 560 g/mol. The largest absolute Gasteiger partial charge is 0.490 e. The van der Waals surface area contributed by atoms with Crippen LogP contribution < -0.4 is 4.90 Å². The second-order valence-electron chi connectivity index (χ2n) is 8.80.